The largest absolute Gasteiger partial charge is 0.452 e. The monoisotopic (exact) mass is 410 g/mol. The molecule has 0 saturated carbocycles. The number of esters is 1. The van der Waals surface area contributed by atoms with Crippen molar-refractivity contribution in [2.75, 3.05) is 13.7 Å². The molecular weight excluding hydrogens is 387 g/mol. The van der Waals surface area contributed by atoms with Crippen LogP contribution in [-0.4, -0.2) is 45.2 Å². The second kappa shape index (κ2) is 9.30. The molecule has 0 atom stereocenters. The van der Waals surface area contributed by atoms with Crippen LogP contribution < -0.4 is 0 Å². The number of aromatic nitrogens is 3. The fourth-order valence-corrected chi connectivity index (χ4v) is 3.00. The average molecular weight is 410 g/mol. The topological polar surface area (TPSA) is 77.3 Å². The normalized spacial score (nSPS) is 10.8. The minimum Gasteiger partial charge on any atom is -0.452 e. The molecule has 8 heteroatoms. The number of hydrogen-bond acceptors (Lipinski definition) is 5. The Morgan fingerprint density at radius 3 is 2.53 bits per heavy atom. The van der Waals surface area contributed by atoms with Gasteiger partial charge in [-0.1, -0.05) is 32.0 Å². The first kappa shape index (κ1) is 21.2. The van der Waals surface area contributed by atoms with Gasteiger partial charge < -0.3 is 9.64 Å². The molecule has 156 valence electrons. The third-order valence-electron chi connectivity index (χ3n) is 4.53. The first-order valence-electron chi connectivity index (χ1n) is 9.51. The molecule has 7 nitrogen and oxygen atoms in total. The number of ether oxygens (including phenoxy) is 1. The smallest absolute Gasteiger partial charge is 0.342 e. The quantitative estimate of drug-likeness (QED) is 0.559. The van der Waals surface area contributed by atoms with E-state index in [0.717, 1.165) is 5.56 Å². The molecule has 0 radical (unpaired) electrons. The number of likely N-dealkylation sites (N-methyl/N-ethyl adjacent to an activating group) is 1. The van der Waals surface area contributed by atoms with Gasteiger partial charge in [-0.05, 0) is 35.7 Å². The molecule has 0 spiro atoms. The summed E-state index contributed by atoms with van der Waals surface area (Å²) in [6.45, 7) is 3.76. The van der Waals surface area contributed by atoms with Gasteiger partial charge in [0.2, 0.25) is 0 Å². The van der Waals surface area contributed by atoms with Gasteiger partial charge in [-0.25, -0.2) is 18.9 Å². The zero-order valence-corrected chi connectivity index (χ0v) is 17.1. The van der Waals surface area contributed by atoms with Gasteiger partial charge in [0.25, 0.3) is 5.91 Å². The fraction of sp³-hybridized carbons (Fsp3) is 0.273. The molecule has 0 fully saturated rings. The highest BCUT2D eigenvalue weighted by molar-refractivity contribution is 5.92. The van der Waals surface area contributed by atoms with Crippen LogP contribution in [0.1, 0.15) is 41.4 Å². The van der Waals surface area contributed by atoms with Gasteiger partial charge in [-0.3, -0.25) is 4.79 Å². The zero-order chi connectivity index (χ0) is 21.7. The molecule has 0 N–H and O–H groups in total. The summed E-state index contributed by atoms with van der Waals surface area (Å²) in [6.07, 6.45) is 3.08. The Kier molecular flexibility index (Phi) is 6.56. The maximum Gasteiger partial charge on any atom is 0.342 e. The number of pyridine rings is 1. The third kappa shape index (κ3) is 4.89. The van der Waals surface area contributed by atoms with Crippen LogP contribution in [0.25, 0.3) is 5.82 Å². The van der Waals surface area contributed by atoms with E-state index in [2.05, 4.69) is 10.1 Å². The van der Waals surface area contributed by atoms with Crippen molar-refractivity contribution in [3.8, 4) is 5.82 Å². The predicted molar refractivity (Wildman–Crippen MR) is 109 cm³/mol. The SMILES string of the molecule is CC(C)c1c(C(=O)OCC(=O)N(C)Cc2ccc(F)cc2)cnn1-c1ccccn1. The van der Waals surface area contributed by atoms with Crippen LogP contribution in [0.3, 0.4) is 0 Å². The van der Waals surface area contributed by atoms with Crippen LogP contribution in [0.2, 0.25) is 0 Å². The fourth-order valence-electron chi connectivity index (χ4n) is 3.00. The highest BCUT2D eigenvalue weighted by atomic mass is 19.1. The summed E-state index contributed by atoms with van der Waals surface area (Å²) in [5.41, 5.74) is 1.73. The Labute approximate surface area is 174 Å². The first-order chi connectivity index (χ1) is 14.4. The number of carbonyl (C=O) groups excluding carboxylic acids is 2. The summed E-state index contributed by atoms with van der Waals surface area (Å²) in [7, 11) is 1.60. The van der Waals surface area contributed by atoms with Gasteiger partial charge in [0.1, 0.15) is 11.4 Å². The van der Waals surface area contributed by atoms with E-state index in [4.69, 9.17) is 4.74 Å². The molecule has 2 heterocycles. The van der Waals surface area contributed by atoms with E-state index in [0.29, 0.717) is 17.1 Å². The number of nitrogens with zero attached hydrogens (tertiary/aromatic N) is 4. The molecule has 0 unspecified atom stereocenters. The van der Waals surface area contributed by atoms with Crippen LogP contribution in [0.15, 0.2) is 54.9 Å². The lowest BCUT2D eigenvalue weighted by molar-refractivity contribution is -0.133. The van der Waals surface area contributed by atoms with E-state index in [9.17, 15) is 14.0 Å². The summed E-state index contributed by atoms with van der Waals surface area (Å²) in [6, 6.07) is 11.3. The summed E-state index contributed by atoms with van der Waals surface area (Å²) in [5.74, 6) is -0.751. The Balaban J connectivity index is 1.66. The second-order valence-electron chi connectivity index (χ2n) is 7.15. The van der Waals surface area contributed by atoms with Crippen LogP contribution >= 0.6 is 0 Å². The number of benzene rings is 1. The molecule has 1 aromatic carbocycles. The van der Waals surface area contributed by atoms with Crippen molar-refractivity contribution >= 4 is 11.9 Å². The average Bonchev–Trinajstić information content (AvgIpc) is 3.19. The molecular formula is C22H23FN4O3. The number of halogens is 1. The predicted octanol–water partition coefficient (Wildman–Crippen LogP) is 3.35. The maximum atomic E-state index is 13.0. The van der Waals surface area contributed by atoms with Crippen LogP contribution in [0.5, 0.6) is 0 Å². The van der Waals surface area contributed by atoms with E-state index in [1.807, 2.05) is 19.9 Å². The second-order valence-corrected chi connectivity index (χ2v) is 7.15. The zero-order valence-electron chi connectivity index (χ0n) is 17.1. The Hall–Kier alpha value is -3.55. The molecule has 30 heavy (non-hydrogen) atoms. The van der Waals surface area contributed by atoms with Crippen molar-refractivity contribution in [3.05, 3.63) is 77.5 Å². The maximum absolute atomic E-state index is 13.0. The number of rotatable bonds is 7. The standard InChI is InChI=1S/C22H23FN4O3/c1-15(2)21-18(12-25-27(21)19-6-4-5-11-24-19)22(29)30-14-20(28)26(3)13-16-7-9-17(23)10-8-16/h4-12,15H,13-14H2,1-3H3. The van der Waals surface area contributed by atoms with Crippen LogP contribution in [-0.2, 0) is 16.1 Å². The minimum absolute atomic E-state index is 0.0195. The molecule has 0 bridgehead atoms. The third-order valence-corrected chi connectivity index (χ3v) is 4.53. The summed E-state index contributed by atoms with van der Waals surface area (Å²) >= 11 is 0. The highest BCUT2D eigenvalue weighted by Gasteiger charge is 2.23. The molecule has 0 aliphatic carbocycles. The highest BCUT2D eigenvalue weighted by Crippen LogP contribution is 2.23. The Bertz CT molecular complexity index is 1020. The molecule has 1 amide bonds. The van der Waals surface area contributed by atoms with Gasteiger partial charge in [0, 0.05) is 19.8 Å². The van der Waals surface area contributed by atoms with E-state index in [1.165, 1.54) is 23.2 Å². The van der Waals surface area contributed by atoms with Gasteiger partial charge in [0.05, 0.1) is 11.9 Å². The minimum atomic E-state index is -0.621. The van der Waals surface area contributed by atoms with Crippen LogP contribution in [0, 0.1) is 5.82 Å². The van der Waals surface area contributed by atoms with Crippen LogP contribution in [0.4, 0.5) is 4.39 Å². The lowest BCUT2D eigenvalue weighted by atomic mass is 10.1. The summed E-state index contributed by atoms with van der Waals surface area (Å²) in [4.78, 5) is 30.7. The van der Waals surface area contributed by atoms with Crippen molar-refractivity contribution in [2.24, 2.45) is 0 Å². The molecule has 0 saturated heterocycles. The molecule has 3 aromatic rings. The lowest BCUT2D eigenvalue weighted by Crippen LogP contribution is -2.31. The first-order valence-corrected chi connectivity index (χ1v) is 9.51. The van der Waals surface area contributed by atoms with Gasteiger partial charge in [-0.2, -0.15) is 5.10 Å². The molecule has 0 aliphatic heterocycles. The van der Waals surface area contributed by atoms with Gasteiger partial charge >= 0.3 is 5.97 Å². The number of carbonyl (C=O) groups is 2. The van der Waals surface area contributed by atoms with Crippen molar-refractivity contribution in [3.63, 3.8) is 0 Å². The molecule has 0 aliphatic rings. The van der Waals surface area contributed by atoms with Crippen molar-refractivity contribution in [1.29, 1.82) is 0 Å². The van der Waals surface area contributed by atoms with Gasteiger partial charge in [-0.15, -0.1) is 0 Å². The Morgan fingerprint density at radius 1 is 1.17 bits per heavy atom. The lowest BCUT2D eigenvalue weighted by Gasteiger charge is -2.17. The van der Waals surface area contributed by atoms with E-state index in [-0.39, 0.29) is 24.2 Å². The van der Waals surface area contributed by atoms with Crippen molar-refractivity contribution in [2.45, 2.75) is 26.3 Å². The van der Waals surface area contributed by atoms with Crippen molar-refractivity contribution in [1.82, 2.24) is 19.7 Å². The summed E-state index contributed by atoms with van der Waals surface area (Å²) < 4.78 is 19.8. The van der Waals surface area contributed by atoms with E-state index in [1.54, 1.807) is 42.2 Å². The molecule has 3 rings (SSSR count). The van der Waals surface area contributed by atoms with E-state index >= 15 is 0 Å². The number of hydrogen-bond donors (Lipinski definition) is 0. The Morgan fingerprint density at radius 2 is 1.90 bits per heavy atom. The van der Waals surface area contributed by atoms with Crippen molar-refractivity contribution < 1.29 is 18.7 Å². The summed E-state index contributed by atoms with van der Waals surface area (Å²) in [5, 5.41) is 4.28. The number of amides is 1. The molecule has 2 aromatic heterocycles. The van der Waals surface area contributed by atoms with Gasteiger partial charge in [0.15, 0.2) is 12.4 Å². The van der Waals surface area contributed by atoms with E-state index < -0.39 is 12.6 Å².